The van der Waals surface area contributed by atoms with Crippen LogP contribution in [0, 0.1) is 5.92 Å². The van der Waals surface area contributed by atoms with Gasteiger partial charge >= 0.3 is 0 Å². The molecule has 0 spiro atoms. The van der Waals surface area contributed by atoms with E-state index in [1.807, 2.05) is 18.2 Å². The second-order valence-corrected chi connectivity index (χ2v) is 4.18. The Hall–Kier alpha value is -1.02. The molecule has 0 aliphatic rings. The second-order valence-electron chi connectivity index (χ2n) is 4.18. The van der Waals surface area contributed by atoms with E-state index in [0.29, 0.717) is 12.0 Å². The standard InChI is InChI=1S/C13H22N2/c1-3-7-13(14)11(2)10-15-12-8-5-4-6-9-12/h4-6,8-9,11,13,15H,3,7,10,14H2,1-2H3. The number of hydrogen-bond acceptors (Lipinski definition) is 2. The summed E-state index contributed by atoms with van der Waals surface area (Å²) in [5.41, 5.74) is 7.23. The number of hydrogen-bond donors (Lipinski definition) is 2. The van der Waals surface area contributed by atoms with Crippen LogP contribution in [0.25, 0.3) is 0 Å². The molecule has 1 aromatic rings. The summed E-state index contributed by atoms with van der Waals surface area (Å²) in [5.74, 6) is 0.519. The molecule has 0 bridgehead atoms. The van der Waals surface area contributed by atoms with E-state index in [4.69, 9.17) is 5.73 Å². The molecular formula is C13H22N2. The van der Waals surface area contributed by atoms with Gasteiger partial charge in [-0.1, -0.05) is 38.5 Å². The number of nitrogens with one attached hydrogen (secondary N) is 1. The molecule has 0 aromatic heterocycles. The van der Waals surface area contributed by atoms with Crippen molar-refractivity contribution in [1.82, 2.24) is 0 Å². The molecule has 0 amide bonds. The lowest BCUT2D eigenvalue weighted by Crippen LogP contribution is -2.32. The number of anilines is 1. The summed E-state index contributed by atoms with van der Waals surface area (Å²) in [7, 11) is 0. The van der Waals surface area contributed by atoms with E-state index in [9.17, 15) is 0 Å². The van der Waals surface area contributed by atoms with Gasteiger partial charge in [0, 0.05) is 18.3 Å². The normalized spacial score (nSPS) is 14.6. The van der Waals surface area contributed by atoms with Crippen molar-refractivity contribution >= 4 is 5.69 Å². The highest BCUT2D eigenvalue weighted by molar-refractivity contribution is 5.42. The maximum atomic E-state index is 6.05. The van der Waals surface area contributed by atoms with Crippen molar-refractivity contribution in [3.8, 4) is 0 Å². The van der Waals surface area contributed by atoms with Crippen LogP contribution in [0.15, 0.2) is 30.3 Å². The third-order valence-corrected chi connectivity index (χ3v) is 2.75. The lowest BCUT2D eigenvalue weighted by molar-refractivity contribution is 0.445. The fraction of sp³-hybridized carbons (Fsp3) is 0.538. The molecule has 0 fully saturated rings. The van der Waals surface area contributed by atoms with Crippen molar-refractivity contribution in [3.63, 3.8) is 0 Å². The SMILES string of the molecule is CCCC(N)C(C)CNc1ccccc1. The lowest BCUT2D eigenvalue weighted by atomic mass is 9.98. The highest BCUT2D eigenvalue weighted by Gasteiger charge is 2.10. The first-order valence-corrected chi connectivity index (χ1v) is 5.78. The highest BCUT2D eigenvalue weighted by atomic mass is 14.9. The summed E-state index contributed by atoms with van der Waals surface area (Å²) in [6.07, 6.45) is 2.27. The van der Waals surface area contributed by atoms with Crippen LogP contribution in [0.1, 0.15) is 26.7 Å². The fourth-order valence-corrected chi connectivity index (χ4v) is 1.60. The van der Waals surface area contributed by atoms with Gasteiger partial charge in [0.1, 0.15) is 0 Å². The Bertz CT molecular complexity index is 258. The van der Waals surface area contributed by atoms with Crippen LogP contribution in [-0.4, -0.2) is 12.6 Å². The predicted octanol–water partition coefficient (Wildman–Crippen LogP) is 2.86. The van der Waals surface area contributed by atoms with Crippen LogP contribution < -0.4 is 11.1 Å². The van der Waals surface area contributed by atoms with Gasteiger partial charge in [0.05, 0.1) is 0 Å². The summed E-state index contributed by atoms with van der Waals surface area (Å²) in [5, 5.41) is 3.40. The van der Waals surface area contributed by atoms with Crippen LogP contribution >= 0.6 is 0 Å². The van der Waals surface area contributed by atoms with Crippen molar-refractivity contribution in [2.45, 2.75) is 32.7 Å². The van der Waals surface area contributed by atoms with E-state index in [1.54, 1.807) is 0 Å². The molecule has 1 aromatic carbocycles. The van der Waals surface area contributed by atoms with Gasteiger partial charge in [0.2, 0.25) is 0 Å². The zero-order valence-electron chi connectivity index (χ0n) is 9.74. The van der Waals surface area contributed by atoms with E-state index in [-0.39, 0.29) is 0 Å². The summed E-state index contributed by atoms with van der Waals surface area (Å²) >= 11 is 0. The Balaban J connectivity index is 2.31. The molecule has 2 heteroatoms. The third kappa shape index (κ3) is 4.34. The zero-order chi connectivity index (χ0) is 11.1. The first-order chi connectivity index (χ1) is 7.24. The van der Waals surface area contributed by atoms with Crippen molar-refractivity contribution in [1.29, 1.82) is 0 Å². The minimum absolute atomic E-state index is 0.311. The summed E-state index contributed by atoms with van der Waals surface area (Å²) in [4.78, 5) is 0. The van der Waals surface area contributed by atoms with Gasteiger partial charge in [-0.2, -0.15) is 0 Å². The van der Waals surface area contributed by atoms with Crippen LogP contribution in [0.5, 0.6) is 0 Å². The molecule has 2 atom stereocenters. The smallest absolute Gasteiger partial charge is 0.0340 e. The molecule has 0 aliphatic heterocycles. The Morgan fingerprint density at radius 3 is 2.53 bits per heavy atom. The van der Waals surface area contributed by atoms with Crippen molar-refractivity contribution < 1.29 is 0 Å². The zero-order valence-corrected chi connectivity index (χ0v) is 9.74. The third-order valence-electron chi connectivity index (χ3n) is 2.75. The summed E-state index contributed by atoms with van der Waals surface area (Å²) in [6, 6.07) is 10.6. The predicted molar refractivity (Wildman–Crippen MR) is 67.0 cm³/mol. The molecule has 2 nitrogen and oxygen atoms in total. The molecule has 1 rings (SSSR count). The molecule has 0 aliphatic carbocycles. The Labute approximate surface area is 92.9 Å². The van der Waals surface area contributed by atoms with Gasteiger partial charge in [-0.3, -0.25) is 0 Å². The maximum Gasteiger partial charge on any atom is 0.0340 e. The Morgan fingerprint density at radius 2 is 1.93 bits per heavy atom. The minimum Gasteiger partial charge on any atom is -0.385 e. The van der Waals surface area contributed by atoms with Gasteiger partial charge in [-0.25, -0.2) is 0 Å². The van der Waals surface area contributed by atoms with E-state index >= 15 is 0 Å². The largest absolute Gasteiger partial charge is 0.385 e. The average molecular weight is 206 g/mol. The van der Waals surface area contributed by atoms with Gasteiger partial charge in [0.15, 0.2) is 0 Å². The van der Waals surface area contributed by atoms with Gasteiger partial charge < -0.3 is 11.1 Å². The van der Waals surface area contributed by atoms with Crippen LogP contribution in [-0.2, 0) is 0 Å². The molecule has 15 heavy (non-hydrogen) atoms. The Morgan fingerprint density at radius 1 is 1.27 bits per heavy atom. The maximum absolute atomic E-state index is 6.05. The molecule has 2 unspecified atom stereocenters. The van der Waals surface area contributed by atoms with E-state index in [2.05, 4.69) is 31.3 Å². The topological polar surface area (TPSA) is 38.0 Å². The second kappa shape index (κ2) is 6.46. The van der Waals surface area contributed by atoms with Gasteiger partial charge in [0.25, 0.3) is 0 Å². The number of rotatable bonds is 6. The first kappa shape index (κ1) is 12.1. The van der Waals surface area contributed by atoms with Crippen molar-refractivity contribution in [2.24, 2.45) is 11.7 Å². The summed E-state index contributed by atoms with van der Waals surface area (Å²) < 4.78 is 0. The number of para-hydroxylation sites is 1. The molecule has 84 valence electrons. The van der Waals surface area contributed by atoms with Gasteiger partial charge in [-0.15, -0.1) is 0 Å². The molecule has 0 radical (unpaired) electrons. The van der Waals surface area contributed by atoms with Crippen molar-refractivity contribution in [3.05, 3.63) is 30.3 Å². The lowest BCUT2D eigenvalue weighted by Gasteiger charge is -2.20. The summed E-state index contributed by atoms with van der Waals surface area (Å²) in [6.45, 7) is 5.33. The van der Waals surface area contributed by atoms with E-state index in [1.165, 1.54) is 5.69 Å². The highest BCUT2D eigenvalue weighted by Crippen LogP contribution is 2.10. The molecule has 0 heterocycles. The molecular weight excluding hydrogens is 184 g/mol. The Kier molecular flexibility index (Phi) is 5.19. The van der Waals surface area contributed by atoms with Gasteiger partial charge in [-0.05, 0) is 24.5 Å². The molecule has 3 N–H and O–H groups in total. The van der Waals surface area contributed by atoms with Crippen LogP contribution in [0.3, 0.4) is 0 Å². The average Bonchev–Trinajstić information content (AvgIpc) is 2.27. The minimum atomic E-state index is 0.311. The van der Waals surface area contributed by atoms with Crippen LogP contribution in [0.4, 0.5) is 5.69 Å². The molecule has 0 saturated heterocycles. The first-order valence-electron chi connectivity index (χ1n) is 5.78. The number of benzene rings is 1. The van der Waals surface area contributed by atoms with Crippen molar-refractivity contribution in [2.75, 3.05) is 11.9 Å². The van der Waals surface area contributed by atoms with Crippen LogP contribution in [0.2, 0.25) is 0 Å². The van der Waals surface area contributed by atoms with E-state index < -0.39 is 0 Å². The molecule has 0 saturated carbocycles. The van der Waals surface area contributed by atoms with E-state index in [0.717, 1.165) is 19.4 Å². The fourth-order valence-electron chi connectivity index (χ4n) is 1.60. The monoisotopic (exact) mass is 206 g/mol. The number of nitrogens with two attached hydrogens (primary N) is 1. The quantitative estimate of drug-likeness (QED) is 0.751.